The number of nitrogens with two attached hydrogens (primary N) is 1. The summed E-state index contributed by atoms with van der Waals surface area (Å²) in [4.78, 5) is 36.5. The Bertz CT molecular complexity index is 714. The highest BCUT2D eigenvalue weighted by atomic mass is 16.6. The Labute approximate surface area is 112 Å². The molecule has 0 aliphatic rings. The minimum atomic E-state index is -1.20. The molecule has 0 saturated carbocycles. The normalized spacial score (nSPS) is 13.9. The number of hydrogen-bond acceptors (Lipinski definition) is 8. The molecule has 0 spiro atoms. The third kappa shape index (κ3) is 2.72. The second-order valence-corrected chi connectivity index (χ2v) is 4.18. The van der Waals surface area contributed by atoms with Crippen LogP contribution in [0.3, 0.4) is 0 Å². The highest BCUT2D eigenvalue weighted by Gasteiger charge is 2.21. The fourth-order valence-corrected chi connectivity index (χ4v) is 1.66. The first-order chi connectivity index (χ1) is 9.38. The number of nitrogens with zero attached hydrogens (tertiary/aromatic N) is 3. The van der Waals surface area contributed by atoms with Crippen molar-refractivity contribution in [1.29, 1.82) is 0 Å². The predicted molar refractivity (Wildman–Crippen MR) is 68.6 cm³/mol. The lowest BCUT2D eigenvalue weighted by Crippen LogP contribution is -2.23. The average molecular weight is 279 g/mol. The minimum absolute atomic E-state index is 0.0502. The van der Waals surface area contributed by atoms with Gasteiger partial charge in [-0.1, -0.05) is 0 Å². The van der Waals surface area contributed by atoms with Gasteiger partial charge in [0, 0.05) is 6.92 Å². The zero-order valence-electron chi connectivity index (χ0n) is 10.8. The number of rotatable bonds is 3. The number of aliphatic hydroxyl groups is 1. The Hall–Kier alpha value is -2.55. The monoisotopic (exact) mass is 279 g/mol. The van der Waals surface area contributed by atoms with Gasteiger partial charge in [-0.15, -0.1) is 0 Å². The number of aromatic nitrogens is 4. The van der Waals surface area contributed by atoms with Crippen molar-refractivity contribution in [3.63, 3.8) is 0 Å². The first-order valence-corrected chi connectivity index (χ1v) is 5.76. The van der Waals surface area contributed by atoms with Crippen molar-refractivity contribution >= 4 is 23.1 Å². The number of nitrogens with one attached hydrogen (secondary N) is 1. The molecule has 2 rings (SSSR count). The summed E-state index contributed by atoms with van der Waals surface area (Å²) in [6.45, 7) is 2.73. The van der Waals surface area contributed by atoms with Crippen LogP contribution < -0.4 is 11.3 Å². The van der Waals surface area contributed by atoms with Crippen molar-refractivity contribution in [2.45, 2.75) is 26.1 Å². The molecular weight excluding hydrogens is 266 g/mol. The molecule has 2 heterocycles. The van der Waals surface area contributed by atoms with Crippen LogP contribution in [0.1, 0.15) is 25.6 Å². The van der Waals surface area contributed by atoms with Crippen molar-refractivity contribution in [2.24, 2.45) is 0 Å². The molecule has 2 atom stereocenters. The van der Waals surface area contributed by atoms with Crippen LogP contribution in [0.4, 0.5) is 5.95 Å². The number of aromatic amines is 1. The summed E-state index contributed by atoms with van der Waals surface area (Å²) in [5, 5.41) is 10.0. The smallest absolute Gasteiger partial charge is 0.302 e. The molecule has 0 aromatic carbocycles. The molecule has 2 aromatic rings. The molecule has 0 amide bonds. The van der Waals surface area contributed by atoms with Crippen LogP contribution in [-0.4, -0.2) is 37.1 Å². The molecule has 4 N–H and O–H groups in total. The molecule has 0 saturated heterocycles. The summed E-state index contributed by atoms with van der Waals surface area (Å²) < 4.78 is 4.85. The number of H-pyrrole nitrogens is 1. The lowest BCUT2D eigenvalue weighted by atomic mass is 10.1. The summed E-state index contributed by atoms with van der Waals surface area (Å²) in [5.74, 6) is -0.601. The van der Waals surface area contributed by atoms with Crippen LogP contribution in [0.2, 0.25) is 0 Å². The molecule has 9 nitrogen and oxygen atoms in total. The van der Waals surface area contributed by atoms with E-state index in [0.29, 0.717) is 0 Å². The van der Waals surface area contributed by atoms with E-state index in [-0.39, 0.29) is 22.8 Å². The number of hydrogen-bond donors (Lipinski definition) is 3. The van der Waals surface area contributed by atoms with Gasteiger partial charge in [-0.05, 0) is 6.92 Å². The van der Waals surface area contributed by atoms with E-state index in [1.165, 1.54) is 20.0 Å². The third-order valence-corrected chi connectivity index (χ3v) is 2.55. The fourth-order valence-electron chi connectivity index (χ4n) is 1.66. The first kappa shape index (κ1) is 13.9. The second kappa shape index (κ2) is 5.21. The largest absolute Gasteiger partial charge is 0.460 e. The lowest BCUT2D eigenvalue weighted by molar-refractivity contribution is -0.151. The molecule has 0 aliphatic heterocycles. The van der Waals surface area contributed by atoms with Crippen LogP contribution in [-0.2, 0) is 9.53 Å². The number of nitrogen functional groups attached to an aromatic ring is 1. The van der Waals surface area contributed by atoms with Crippen LogP contribution in [0.5, 0.6) is 0 Å². The Balaban J connectivity index is 2.41. The predicted octanol–water partition coefficient (Wildman–Crippen LogP) is -0.720. The molecule has 0 unspecified atom stereocenters. The highest BCUT2D eigenvalue weighted by molar-refractivity contribution is 5.69. The van der Waals surface area contributed by atoms with E-state index in [2.05, 4.69) is 19.9 Å². The van der Waals surface area contributed by atoms with E-state index in [9.17, 15) is 14.7 Å². The highest BCUT2D eigenvalue weighted by Crippen LogP contribution is 2.17. The number of esters is 1. The summed E-state index contributed by atoms with van der Waals surface area (Å²) in [5.41, 5.74) is 4.95. The number of ether oxygens (including phenoxy) is 1. The van der Waals surface area contributed by atoms with E-state index < -0.39 is 23.7 Å². The van der Waals surface area contributed by atoms with Gasteiger partial charge in [-0.3, -0.25) is 14.6 Å². The topological polar surface area (TPSA) is 144 Å². The van der Waals surface area contributed by atoms with Crippen LogP contribution >= 0.6 is 0 Å². The average Bonchev–Trinajstić information content (AvgIpc) is 2.36. The molecule has 9 heteroatoms. The molecule has 106 valence electrons. The Morgan fingerprint density at radius 2 is 2.20 bits per heavy atom. The Morgan fingerprint density at radius 1 is 1.50 bits per heavy atom. The molecule has 0 radical (unpaired) electrons. The Kier molecular flexibility index (Phi) is 3.61. The Morgan fingerprint density at radius 3 is 2.85 bits per heavy atom. The van der Waals surface area contributed by atoms with Crippen LogP contribution in [0, 0.1) is 0 Å². The number of aliphatic hydroxyl groups excluding tert-OH is 1. The van der Waals surface area contributed by atoms with Crippen LogP contribution in [0.15, 0.2) is 11.0 Å². The summed E-state index contributed by atoms with van der Waals surface area (Å²) in [6, 6.07) is 0. The lowest BCUT2D eigenvalue weighted by Gasteiger charge is -2.17. The summed E-state index contributed by atoms with van der Waals surface area (Å²) >= 11 is 0. The van der Waals surface area contributed by atoms with Crippen molar-refractivity contribution in [3.8, 4) is 0 Å². The van der Waals surface area contributed by atoms with Gasteiger partial charge in [-0.2, -0.15) is 4.98 Å². The van der Waals surface area contributed by atoms with E-state index >= 15 is 0 Å². The van der Waals surface area contributed by atoms with Crippen molar-refractivity contribution in [1.82, 2.24) is 19.9 Å². The number of carbonyl (C=O) groups excluding carboxylic acids is 1. The van der Waals surface area contributed by atoms with Gasteiger partial charge in [0.1, 0.15) is 12.2 Å². The number of fused-ring (bicyclic) bond motifs is 1. The van der Waals surface area contributed by atoms with Crippen molar-refractivity contribution in [3.05, 3.63) is 22.2 Å². The minimum Gasteiger partial charge on any atom is -0.460 e. The van der Waals surface area contributed by atoms with Gasteiger partial charge in [0.15, 0.2) is 11.2 Å². The maximum Gasteiger partial charge on any atom is 0.302 e. The molecule has 0 fully saturated rings. The van der Waals surface area contributed by atoms with Gasteiger partial charge in [0.2, 0.25) is 5.95 Å². The van der Waals surface area contributed by atoms with E-state index in [1.54, 1.807) is 0 Å². The van der Waals surface area contributed by atoms with Gasteiger partial charge < -0.3 is 15.6 Å². The third-order valence-electron chi connectivity index (χ3n) is 2.55. The van der Waals surface area contributed by atoms with Gasteiger partial charge in [0.25, 0.3) is 5.56 Å². The van der Waals surface area contributed by atoms with E-state index in [0.717, 1.165) is 0 Å². The molecule has 0 bridgehead atoms. The van der Waals surface area contributed by atoms with Crippen molar-refractivity contribution in [2.75, 3.05) is 5.73 Å². The fraction of sp³-hybridized carbons (Fsp3) is 0.364. The van der Waals surface area contributed by atoms with Gasteiger partial charge in [-0.25, -0.2) is 9.97 Å². The van der Waals surface area contributed by atoms with Crippen LogP contribution in [0.25, 0.3) is 11.2 Å². The molecule has 0 aliphatic carbocycles. The van der Waals surface area contributed by atoms with Crippen molar-refractivity contribution < 1.29 is 14.6 Å². The van der Waals surface area contributed by atoms with E-state index in [4.69, 9.17) is 10.5 Å². The summed E-state index contributed by atoms with van der Waals surface area (Å²) in [7, 11) is 0. The molecule has 2 aromatic heterocycles. The summed E-state index contributed by atoms with van der Waals surface area (Å²) in [6.07, 6.45) is -0.772. The maximum absolute atomic E-state index is 11.7. The van der Waals surface area contributed by atoms with E-state index in [1.807, 2.05) is 0 Å². The standard InChI is InChI=1S/C11H13N5O4/c1-4(20-5(2)17)8(18)6-3-13-9-7(14-6)10(19)16-11(12)15-9/h3-4,8,18H,1-2H3,(H3,12,13,15,16,19)/t4-,8-/m0/s1. The molecule has 20 heavy (non-hydrogen) atoms. The quantitative estimate of drug-likeness (QED) is 0.624. The zero-order valence-corrected chi connectivity index (χ0v) is 10.8. The zero-order chi connectivity index (χ0) is 14.9. The first-order valence-electron chi connectivity index (χ1n) is 5.76. The number of carbonyl (C=O) groups is 1. The second-order valence-electron chi connectivity index (χ2n) is 4.18. The maximum atomic E-state index is 11.7. The molecular formula is C11H13N5O4. The number of anilines is 1. The van der Waals surface area contributed by atoms with Gasteiger partial charge >= 0.3 is 5.97 Å². The van der Waals surface area contributed by atoms with Gasteiger partial charge in [0.05, 0.1) is 11.9 Å². The SMILES string of the molecule is CC(=O)O[C@@H](C)[C@H](O)c1cnc2nc(N)[nH]c(=O)c2n1.